The first-order valence-corrected chi connectivity index (χ1v) is 12.2. The maximum atomic E-state index is 12.7. The van der Waals surface area contributed by atoms with Crippen LogP contribution in [0.4, 0.5) is 5.69 Å². The number of aryl methyl sites for hydroxylation is 1. The van der Waals surface area contributed by atoms with Crippen molar-refractivity contribution in [3.63, 3.8) is 0 Å². The number of sulfonamides is 1. The quantitative estimate of drug-likeness (QED) is 0.539. The number of morpholine rings is 1. The number of anilines is 1. The van der Waals surface area contributed by atoms with E-state index >= 15 is 0 Å². The zero-order valence-electron chi connectivity index (χ0n) is 18.3. The molecule has 1 saturated heterocycles. The lowest BCUT2D eigenvalue weighted by Gasteiger charge is -2.26. The Hall–Kier alpha value is -3.14. The highest BCUT2D eigenvalue weighted by atomic mass is 32.2. The number of furan rings is 1. The Balaban J connectivity index is 1.34. The summed E-state index contributed by atoms with van der Waals surface area (Å²) in [7, 11) is -3.58. The first-order valence-electron chi connectivity index (χ1n) is 10.8. The molecule has 33 heavy (non-hydrogen) atoms. The number of nitrogens with zero attached hydrogens (tertiary/aromatic N) is 1. The molecule has 3 aromatic rings. The summed E-state index contributed by atoms with van der Waals surface area (Å²) in [5.41, 5.74) is 1.69. The minimum Gasteiger partial charge on any atom is -0.486 e. The highest BCUT2D eigenvalue weighted by Crippen LogP contribution is 2.21. The third-order valence-electron chi connectivity index (χ3n) is 5.32. The van der Waals surface area contributed by atoms with E-state index in [0.717, 1.165) is 12.2 Å². The highest BCUT2D eigenvalue weighted by Gasteiger charge is 2.26. The number of carbonyl (C=O) groups excluding carboxylic acids is 1. The molecule has 0 atom stereocenters. The second-order valence-electron chi connectivity index (χ2n) is 7.55. The van der Waals surface area contributed by atoms with Gasteiger partial charge in [0, 0.05) is 18.8 Å². The molecule has 174 valence electrons. The van der Waals surface area contributed by atoms with Crippen LogP contribution < -0.4 is 10.1 Å². The lowest BCUT2D eigenvalue weighted by atomic mass is 10.2. The number of carbonyl (C=O) groups is 1. The first-order chi connectivity index (χ1) is 16.0. The molecule has 1 N–H and O–H groups in total. The van der Waals surface area contributed by atoms with Crippen LogP contribution in [0.3, 0.4) is 0 Å². The molecule has 1 aliphatic rings. The van der Waals surface area contributed by atoms with Gasteiger partial charge in [-0.1, -0.05) is 19.1 Å². The van der Waals surface area contributed by atoms with Gasteiger partial charge in [0.15, 0.2) is 5.76 Å². The topological polar surface area (TPSA) is 98.1 Å². The highest BCUT2D eigenvalue weighted by molar-refractivity contribution is 7.89. The second-order valence-corrected chi connectivity index (χ2v) is 9.49. The summed E-state index contributed by atoms with van der Waals surface area (Å²) in [6.45, 7) is 3.72. The first kappa shape index (κ1) is 23.0. The van der Waals surface area contributed by atoms with Gasteiger partial charge >= 0.3 is 0 Å². The van der Waals surface area contributed by atoms with E-state index in [0.29, 0.717) is 37.8 Å². The summed E-state index contributed by atoms with van der Waals surface area (Å²) >= 11 is 0. The molecule has 8 nitrogen and oxygen atoms in total. The van der Waals surface area contributed by atoms with Gasteiger partial charge in [-0.25, -0.2) is 8.42 Å². The molecule has 9 heteroatoms. The largest absolute Gasteiger partial charge is 0.486 e. The fraction of sp³-hybridized carbons (Fsp3) is 0.292. The summed E-state index contributed by atoms with van der Waals surface area (Å²) < 4.78 is 43.3. The van der Waals surface area contributed by atoms with E-state index in [1.165, 1.54) is 22.0 Å². The minimum absolute atomic E-state index is 0.139. The summed E-state index contributed by atoms with van der Waals surface area (Å²) in [4.78, 5) is 12.7. The second kappa shape index (κ2) is 10.2. The fourth-order valence-electron chi connectivity index (χ4n) is 3.39. The fourth-order valence-corrected chi connectivity index (χ4v) is 4.80. The Kier molecular flexibility index (Phi) is 7.12. The molecule has 1 fully saturated rings. The Morgan fingerprint density at radius 1 is 1.00 bits per heavy atom. The molecule has 1 aromatic heterocycles. The van der Waals surface area contributed by atoms with Gasteiger partial charge in [0.1, 0.15) is 18.1 Å². The molecule has 0 spiro atoms. The maximum absolute atomic E-state index is 12.7. The van der Waals surface area contributed by atoms with E-state index in [4.69, 9.17) is 13.9 Å². The number of amides is 1. The van der Waals surface area contributed by atoms with E-state index in [1.807, 2.05) is 24.3 Å². The summed E-state index contributed by atoms with van der Waals surface area (Å²) in [5.74, 6) is 0.950. The molecule has 0 bridgehead atoms. The van der Waals surface area contributed by atoms with Crippen molar-refractivity contribution in [2.75, 3.05) is 31.6 Å². The molecule has 2 heterocycles. The number of hydrogen-bond acceptors (Lipinski definition) is 6. The van der Waals surface area contributed by atoms with Crippen molar-refractivity contribution < 1.29 is 27.1 Å². The van der Waals surface area contributed by atoms with Crippen molar-refractivity contribution in [3.8, 4) is 5.75 Å². The molecule has 0 unspecified atom stereocenters. The summed E-state index contributed by atoms with van der Waals surface area (Å²) in [6, 6.07) is 17.1. The van der Waals surface area contributed by atoms with Gasteiger partial charge in [0.2, 0.25) is 10.0 Å². The Morgan fingerprint density at radius 2 is 1.70 bits per heavy atom. The SMILES string of the molecule is CCc1ccc(OCc2ccc(C(=O)Nc3ccc(S(=O)(=O)N4CCOCC4)cc3)o2)cc1. The van der Waals surface area contributed by atoms with Gasteiger partial charge in [-0.3, -0.25) is 4.79 Å². The summed E-state index contributed by atoms with van der Waals surface area (Å²) in [5, 5.41) is 2.71. The van der Waals surface area contributed by atoms with Crippen molar-refractivity contribution in [1.29, 1.82) is 0 Å². The number of hydrogen-bond donors (Lipinski definition) is 1. The van der Waals surface area contributed by atoms with E-state index in [9.17, 15) is 13.2 Å². The normalized spacial score (nSPS) is 14.7. The molecule has 4 rings (SSSR count). The van der Waals surface area contributed by atoms with Gasteiger partial charge in [-0.15, -0.1) is 0 Å². The smallest absolute Gasteiger partial charge is 0.291 e. The molecular weight excluding hydrogens is 444 g/mol. The van der Waals surface area contributed by atoms with E-state index in [-0.39, 0.29) is 17.3 Å². The lowest BCUT2D eigenvalue weighted by molar-refractivity contribution is 0.0730. The zero-order chi connectivity index (χ0) is 23.3. The number of rotatable bonds is 8. The van der Waals surface area contributed by atoms with Crippen LogP contribution in [0.1, 0.15) is 28.8 Å². The van der Waals surface area contributed by atoms with Crippen molar-refractivity contribution in [1.82, 2.24) is 4.31 Å². The molecule has 1 aliphatic heterocycles. The predicted octanol–water partition coefficient (Wildman–Crippen LogP) is 3.69. The van der Waals surface area contributed by atoms with E-state index in [2.05, 4.69) is 12.2 Å². The van der Waals surface area contributed by atoms with Gasteiger partial charge in [0.25, 0.3) is 5.91 Å². The number of ether oxygens (including phenoxy) is 2. The van der Waals surface area contributed by atoms with Gasteiger partial charge in [-0.05, 0) is 60.5 Å². The lowest BCUT2D eigenvalue weighted by Crippen LogP contribution is -2.40. The third-order valence-corrected chi connectivity index (χ3v) is 7.23. The average molecular weight is 471 g/mol. The third kappa shape index (κ3) is 5.62. The van der Waals surface area contributed by atoms with Crippen LogP contribution in [0, 0.1) is 0 Å². The standard InChI is InChI=1S/C24H26N2O6S/c1-2-18-3-7-20(8-4-18)31-17-21-9-12-23(32-21)24(27)25-19-5-10-22(11-6-19)33(28,29)26-13-15-30-16-14-26/h3-12H,2,13-17H2,1H3,(H,25,27). The molecular formula is C24H26N2O6S. The van der Waals surface area contributed by atoms with E-state index < -0.39 is 15.9 Å². The van der Waals surface area contributed by atoms with Crippen molar-refractivity contribution >= 4 is 21.6 Å². The van der Waals surface area contributed by atoms with Crippen molar-refractivity contribution in [2.24, 2.45) is 0 Å². The molecule has 0 radical (unpaired) electrons. The maximum Gasteiger partial charge on any atom is 0.291 e. The van der Waals surface area contributed by atoms with Gasteiger partial charge in [0.05, 0.1) is 18.1 Å². The van der Waals surface area contributed by atoms with Gasteiger partial charge in [-0.2, -0.15) is 4.31 Å². The zero-order valence-corrected chi connectivity index (χ0v) is 19.1. The average Bonchev–Trinajstić information content (AvgIpc) is 3.33. The monoisotopic (exact) mass is 470 g/mol. The van der Waals surface area contributed by atoms with Crippen LogP contribution >= 0.6 is 0 Å². The van der Waals surface area contributed by atoms with Crippen LogP contribution in [0.5, 0.6) is 5.75 Å². The van der Waals surface area contributed by atoms with Gasteiger partial charge < -0.3 is 19.2 Å². The van der Waals surface area contributed by atoms with E-state index in [1.54, 1.807) is 24.3 Å². The van der Waals surface area contributed by atoms with Crippen LogP contribution in [0.15, 0.2) is 70.0 Å². The number of nitrogens with one attached hydrogen (secondary N) is 1. The molecule has 2 aromatic carbocycles. The molecule has 0 saturated carbocycles. The number of benzene rings is 2. The minimum atomic E-state index is -3.58. The van der Waals surface area contributed by atoms with Crippen LogP contribution in [-0.4, -0.2) is 44.9 Å². The summed E-state index contributed by atoms with van der Waals surface area (Å²) in [6.07, 6.45) is 0.962. The van der Waals surface area contributed by atoms with Crippen molar-refractivity contribution in [2.45, 2.75) is 24.8 Å². The van der Waals surface area contributed by atoms with Crippen LogP contribution in [-0.2, 0) is 27.8 Å². The molecule has 0 aliphatic carbocycles. The Labute approximate surface area is 193 Å². The Bertz CT molecular complexity index is 1180. The van der Waals surface area contributed by atoms with Crippen LogP contribution in [0.2, 0.25) is 0 Å². The molecule has 1 amide bonds. The van der Waals surface area contributed by atoms with Crippen LogP contribution in [0.25, 0.3) is 0 Å². The van der Waals surface area contributed by atoms with Crippen molar-refractivity contribution in [3.05, 3.63) is 77.7 Å². The predicted molar refractivity (Wildman–Crippen MR) is 123 cm³/mol. The Morgan fingerprint density at radius 3 is 2.36 bits per heavy atom.